The van der Waals surface area contributed by atoms with Crippen molar-refractivity contribution in [3.63, 3.8) is 0 Å². The first-order valence-corrected chi connectivity index (χ1v) is 12.3. The zero-order valence-corrected chi connectivity index (χ0v) is 21.1. The van der Waals surface area contributed by atoms with Crippen molar-refractivity contribution in [3.8, 4) is 22.7 Å². The number of hydrogen-bond donors (Lipinski definition) is 0. The van der Waals surface area contributed by atoms with Gasteiger partial charge in [0.15, 0.2) is 0 Å². The van der Waals surface area contributed by atoms with Crippen LogP contribution in [0.3, 0.4) is 0 Å². The van der Waals surface area contributed by atoms with Crippen LogP contribution in [-0.2, 0) is 9.53 Å². The summed E-state index contributed by atoms with van der Waals surface area (Å²) in [5.74, 6) is 0.727. The zero-order chi connectivity index (χ0) is 24.1. The third-order valence-corrected chi connectivity index (χ3v) is 6.53. The summed E-state index contributed by atoms with van der Waals surface area (Å²) in [7, 11) is 1.65. The number of para-hydroxylation sites is 1. The molecule has 1 aromatic heterocycles. The van der Waals surface area contributed by atoms with Gasteiger partial charge in [-0.3, -0.25) is 9.69 Å². The van der Waals surface area contributed by atoms with E-state index in [0.717, 1.165) is 34.7 Å². The molecular formula is C26H27N3O3S2. The van der Waals surface area contributed by atoms with Gasteiger partial charge in [0.05, 0.1) is 22.4 Å². The SMILES string of the molecule is COCCCN1C(=O)C(=Cc2cn(-c3ccccc3)nc2-c2ccc(OC(C)C)cc2)SC1=S. The predicted octanol–water partition coefficient (Wildman–Crippen LogP) is 5.56. The van der Waals surface area contributed by atoms with E-state index < -0.39 is 0 Å². The third kappa shape index (κ3) is 5.58. The van der Waals surface area contributed by atoms with Crippen LogP contribution in [0.5, 0.6) is 5.75 Å². The fraction of sp³-hybridized carbons (Fsp3) is 0.269. The summed E-state index contributed by atoms with van der Waals surface area (Å²) >= 11 is 6.79. The lowest BCUT2D eigenvalue weighted by Gasteiger charge is -2.13. The van der Waals surface area contributed by atoms with Gasteiger partial charge in [-0.15, -0.1) is 0 Å². The first kappa shape index (κ1) is 24.2. The van der Waals surface area contributed by atoms with Gasteiger partial charge in [0.1, 0.15) is 10.1 Å². The average molecular weight is 494 g/mol. The third-order valence-electron chi connectivity index (χ3n) is 5.15. The molecule has 1 fully saturated rings. The Morgan fingerprint density at radius 3 is 2.53 bits per heavy atom. The number of amides is 1. The van der Waals surface area contributed by atoms with Crippen LogP contribution in [0.2, 0.25) is 0 Å². The molecule has 0 bridgehead atoms. The fourth-order valence-electron chi connectivity index (χ4n) is 3.59. The summed E-state index contributed by atoms with van der Waals surface area (Å²) < 4.78 is 13.3. The molecule has 176 valence electrons. The Bertz CT molecular complexity index is 1190. The van der Waals surface area contributed by atoms with Crippen molar-refractivity contribution in [2.45, 2.75) is 26.4 Å². The Labute approximate surface area is 209 Å². The van der Waals surface area contributed by atoms with E-state index in [1.54, 1.807) is 12.0 Å². The summed E-state index contributed by atoms with van der Waals surface area (Å²) in [6.07, 6.45) is 4.67. The van der Waals surface area contributed by atoms with Crippen molar-refractivity contribution in [2.75, 3.05) is 20.3 Å². The lowest BCUT2D eigenvalue weighted by molar-refractivity contribution is -0.122. The van der Waals surface area contributed by atoms with E-state index in [1.807, 2.05) is 85.4 Å². The van der Waals surface area contributed by atoms with Crippen LogP contribution in [-0.4, -0.2) is 51.3 Å². The summed E-state index contributed by atoms with van der Waals surface area (Å²) in [6, 6.07) is 17.8. The minimum Gasteiger partial charge on any atom is -0.491 e. The minimum atomic E-state index is -0.0785. The van der Waals surface area contributed by atoms with Crippen LogP contribution in [0.1, 0.15) is 25.8 Å². The molecule has 1 saturated heterocycles. The van der Waals surface area contributed by atoms with Gasteiger partial charge in [0.25, 0.3) is 5.91 Å². The first-order chi connectivity index (χ1) is 16.5. The van der Waals surface area contributed by atoms with E-state index in [4.69, 9.17) is 26.8 Å². The number of aromatic nitrogens is 2. The molecule has 0 radical (unpaired) electrons. The summed E-state index contributed by atoms with van der Waals surface area (Å²) in [6.45, 7) is 5.13. The lowest BCUT2D eigenvalue weighted by atomic mass is 10.1. The molecule has 1 amide bonds. The molecule has 4 rings (SSSR count). The van der Waals surface area contributed by atoms with Crippen molar-refractivity contribution in [1.29, 1.82) is 0 Å². The summed E-state index contributed by atoms with van der Waals surface area (Å²) in [5.41, 5.74) is 3.51. The van der Waals surface area contributed by atoms with Crippen molar-refractivity contribution in [2.24, 2.45) is 0 Å². The Hall–Kier alpha value is -2.94. The number of ether oxygens (including phenoxy) is 2. The van der Waals surface area contributed by atoms with E-state index in [9.17, 15) is 4.79 Å². The second-order valence-corrected chi connectivity index (χ2v) is 9.76. The van der Waals surface area contributed by atoms with Gasteiger partial charge in [-0.05, 0) is 62.7 Å². The predicted molar refractivity (Wildman–Crippen MR) is 141 cm³/mol. The molecule has 2 aromatic carbocycles. The largest absolute Gasteiger partial charge is 0.491 e. The van der Waals surface area contributed by atoms with Crippen LogP contribution in [0.25, 0.3) is 23.0 Å². The molecule has 3 aromatic rings. The molecule has 0 aliphatic carbocycles. The number of methoxy groups -OCH3 is 1. The number of benzene rings is 2. The Morgan fingerprint density at radius 2 is 1.85 bits per heavy atom. The second-order valence-electron chi connectivity index (χ2n) is 8.08. The Balaban J connectivity index is 1.69. The summed E-state index contributed by atoms with van der Waals surface area (Å²) in [4.78, 5) is 15.3. The zero-order valence-electron chi connectivity index (χ0n) is 19.4. The van der Waals surface area contributed by atoms with Crippen molar-refractivity contribution < 1.29 is 14.3 Å². The summed E-state index contributed by atoms with van der Waals surface area (Å²) in [5, 5.41) is 4.85. The molecule has 8 heteroatoms. The molecule has 6 nitrogen and oxygen atoms in total. The number of carbonyl (C=O) groups excluding carboxylic acids is 1. The van der Waals surface area contributed by atoms with E-state index in [-0.39, 0.29) is 12.0 Å². The van der Waals surface area contributed by atoms with Crippen molar-refractivity contribution in [1.82, 2.24) is 14.7 Å². The topological polar surface area (TPSA) is 56.6 Å². The van der Waals surface area contributed by atoms with E-state index in [2.05, 4.69) is 0 Å². The van der Waals surface area contributed by atoms with Crippen LogP contribution >= 0.6 is 24.0 Å². The van der Waals surface area contributed by atoms with Crippen LogP contribution < -0.4 is 4.74 Å². The number of thioether (sulfide) groups is 1. The standard InChI is InChI=1S/C26H27N3O3S2/c1-18(2)32-22-12-10-19(11-13-22)24-20(17-29(27-24)21-8-5-4-6-9-21)16-23-25(30)28(26(33)34-23)14-7-15-31-3/h4-6,8-13,16-18H,7,14-15H2,1-3H3. The highest BCUT2D eigenvalue weighted by atomic mass is 32.2. The lowest BCUT2D eigenvalue weighted by Crippen LogP contribution is -2.29. The Morgan fingerprint density at radius 1 is 1.12 bits per heavy atom. The maximum Gasteiger partial charge on any atom is 0.266 e. The number of hydrogen-bond acceptors (Lipinski definition) is 6. The van der Waals surface area contributed by atoms with Crippen molar-refractivity contribution >= 4 is 40.3 Å². The quantitative estimate of drug-likeness (QED) is 0.221. The molecular weight excluding hydrogens is 466 g/mol. The molecule has 0 N–H and O–H groups in total. The highest BCUT2D eigenvalue weighted by Gasteiger charge is 2.32. The molecule has 34 heavy (non-hydrogen) atoms. The van der Waals surface area contributed by atoms with Gasteiger partial charge in [-0.1, -0.05) is 42.2 Å². The highest BCUT2D eigenvalue weighted by molar-refractivity contribution is 8.26. The van der Waals surface area contributed by atoms with Gasteiger partial charge in [0, 0.05) is 37.6 Å². The van der Waals surface area contributed by atoms with Crippen LogP contribution in [0.15, 0.2) is 65.7 Å². The smallest absolute Gasteiger partial charge is 0.266 e. The van der Waals surface area contributed by atoms with Gasteiger partial charge < -0.3 is 9.47 Å². The number of nitrogens with zero attached hydrogens (tertiary/aromatic N) is 3. The number of thiocarbonyl (C=S) groups is 1. The monoisotopic (exact) mass is 493 g/mol. The molecule has 1 aliphatic rings. The van der Waals surface area contributed by atoms with E-state index >= 15 is 0 Å². The molecule has 0 unspecified atom stereocenters. The molecule has 2 heterocycles. The normalized spacial score (nSPS) is 15.1. The number of rotatable bonds is 9. The average Bonchev–Trinajstić information content (AvgIpc) is 3.36. The van der Waals surface area contributed by atoms with E-state index in [0.29, 0.717) is 22.4 Å². The van der Waals surface area contributed by atoms with Gasteiger partial charge in [-0.2, -0.15) is 5.10 Å². The van der Waals surface area contributed by atoms with Crippen LogP contribution in [0.4, 0.5) is 0 Å². The van der Waals surface area contributed by atoms with Crippen LogP contribution in [0, 0.1) is 0 Å². The molecule has 1 aliphatic heterocycles. The van der Waals surface area contributed by atoms with Crippen molar-refractivity contribution in [3.05, 3.63) is 71.3 Å². The van der Waals surface area contributed by atoms with Gasteiger partial charge in [0.2, 0.25) is 0 Å². The van der Waals surface area contributed by atoms with Gasteiger partial charge in [-0.25, -0.2) is 4.68 Å². The first-order valence-electron chi connectivity index (χ1n) is 11.1. The highest BCUT2D eigenvalue weighted by Crippen LogP contribution is 2.35. The Kier molecular flexibility index (Phi) is 7.82. The van der Waals surface area contributed by atoms with E-state index in [1.165, 1.54) is 11.8 Å². The second kappa shape index (κ2) is 11.0. The molecule has 0 atom stereocenters. The molecule has 0 spiro atoms. The minimum absolute atomic E-state index is 0.0785. The maximum atomic E-state index is 13.1. The maximum absolute atomic E-state index is 13.1. The molecule has 0 saturated carbocycles. The van der Waals surface area contributed by atoms with Gasteiger partial charge >= 0.3 is 0 Å². The number of carbonyl (C=O) groups is 1. The fourth-order valence-corrected chi connectivity index (χ4v) is 4.89.